The van der Waals surface area contributed by atoms with Gasteiger partial charge in [-0.25, -0.2) is 9.97 Å². The second kappa shape index (κ2) is 6.17. The number of rotatable bonds is 4. The fourth-order valence-corrected chi connectivity index (χ4v) is 3.93. The van der Waals surface area contributed by atoms with Gasteiger partial charge in [0.05, 0.1) is 5.92 Å². The fourth-order valence-electron chi connectivity index (χ4n) is 3.93. The lowest BCUT2D eigenvalue weighted by molar-refractivity contribution is -0.149. The van der Waals surface area contributed by atoms with Crippen molar-refractivity contribution in [2.24, 2.45) is 11.3 Å². The van der Waals surface area contributed by atoms with Gasteiger partial charge in [0, 0.05) is 49.7 Å². The molecule has 0 saturated carbocycles. The lowest BCUT2D eigenvalue weighted by Crippen LogP contribution is -2.40. The number of benzene rings is 1. The molecule has 3 heterocycles. The number of carbonyl (C=O) groups excluding carboxylic acids is 1. The first-order valence-corrected chi connectivity index (χ1v) is 8.59. The lowest BCUT2D eigenvalue weighted by atomic mass is 9.81. The van der Waals surface area contributed by atoms with E-state index < -0.39 is 17.3 Å². The molecular formula is C19H20N4O3. The van der Waals surface area contributed by atoms with Gasteiger partial charge in [-0.2, -0.15) is 0 Å². The molecule has 26 heavy (non-hydrogen) atoms. The Balaban J connectivity index is 1.49. The topological polar surface area (TPSA) is 95.4 Å². The number of hydrogen-bond donors (Lipinski definition) is 2. The number of nitrogens with one attached hydrogen (secondary N) is 1. The van der Waals surface area contributed by atoms with Gasteiger partial charge in [0.2, 0.25) is 5.91 Å². The van der Waals surface area contributed by atoms with Crippen LogP contribution in [0.5, 0.6) is 0 Å². The molecule has 7 heteroatoms. The molecule has 0 radical (unpaired) electrons. The molecule has 2 aliphatic rings. The largest absolute Gasteiger partial charge is 0.481 e. The van der Waals surface area contributed by atoms with Crippen molar-refractivity contribution in [1.29, 1.82) is 0 Å². The summed E-state index contributed by atoms with van der Waals surface area (Å²) in [5.41, 5.74) is 2.01. The number of amides is 1. The van der Waals surface area contributed by atoms with Gasteiger partial charge in [0.25, 0.3) is 0 Å². The number of nitrogens with zero attached hydrogens (tertiary/aromatic N) is 3. The first kappa shape index (κ1) is 16.7. The maximum absolute atomic E-state index is 12.0. The first-order valence-electron chi connectivity index (χ1n) is 8.59. The summed E-state index contributed by atoms with van der Waals surface area (Å²) in [6, 6.07) is 8.00. The monoisotopic (exact) mass is 352 g/mol. The quantitative estimate of drug-likeness (QED) is 0.855. The number of aryl methyl sites for hydroxylation is 1. The molecule has 1 amide bonds. The van der Waals surface area contributed by atoms with Crippen LogP contribution in [0.4, 0.5) is 0 Å². The van der Waals surface area contributed by atoms with E-state index in [1.165, 1.54) is 0 Å². The predicted molar refractivity (Wildman–Crippen MR) is 94.1 cm³/mol. The Labute approximate surface area is 151 Å². The van der Waals surface area contributed by atoms with Crippen molar-refractivity contribution in [2.45, 2.75) is 13.5 Å². The summed E-state index contributed by atoms with van der Waals surface area (Å²) in [6.45, 7) is 3.55. The van der Waals surface area contributed by atoms with E-state index in [9.17, 15) is 14.7 Å². The Kier molecular flexibility index (Phi) is 3.96. The molecule has 134 valence electrons. The molecule has 2 N–H and O–H groups in total. The van der Waals surface area contributed by atoms with Gasteiger partial charge in [-0.05, 0) is 13.0 Å². The van der Waals surface area contributed by atoms with E-state index in [0.29, 0.717) is 25.5 Å². The summed E-state index contributed by atoms with van der Waals surface area (Å²) in [4.78, 5) is 34.6. The second-order valence-electron chi connectivity index (χ2n) is 7.19. The van der Waals surface area contributed by atoms with Crippen LogP contribution < -0.4 is 5.32 Å². The van der Waals surface area contributed by atoms with Gasteiger partial charge in [-0.15, -0.1) is 0 Å². The van der Waals surface area contributed by atoms with Crippen LogP contribution in [0.1, 0.15) is 11.1 Å². The molecule has 1 aromatic carbocycles. The molecule has 0 aliphatic carbocycles. The van der Waals surface area contributed by atoms with Gasteiger partial charge in [0.15, 0.2) is 5.82 Å². The third kappa shape index (κ3) is 2.74. The van der Waals surface area contributed by atoms with E-state index >= 15 is 0 Å². The maximum Gasteiger partial charge on any atom is 0.313 e. The van der Waals surface area contributed by atoms with Gasteiger partial charge in [0.1, 0.15) is 5.41 Å². The van der Waals surface area contributed by atoms with Crippen molar-refractivity contribution >= 4 is 11.9 Å². The number of carboxylic acids is 1. The third-order valence-electron chi connectivity index (χ3n) is 5.32. The zero-order valence-electron chi connectivity index (χ0n) is 14.5. The van der Waals surface area contributed by atoms with Gasteiger partial charge >= 0.3 is 5.97 Å². The minimum absolute atomic E-state index is 0.166. The first-order chi connectivity index (χ1) is 12.5. The number of carboxylic acid groups (broad SMARTS) is 1. The molecule has 0 bridgehead atoms. The number of aliphatic carboxylic acids is 1. The zero-order chi connectivity index (χ0) is 18.3. The molecular weight excluding hydrogens is 332 g/mol. The minimum Gasteiger partial charge on any atom is -0.481 e. The minimum atomic E-state index is -1.01. The average Bonchev–Trinajstić information content (AvgIpc) is 3.14. The van der Waals surface area contributed by atoms with Crippen LogP contribution in [0, 0.1) is 18.3 Å². The standard InChI is InChI=1S/C19H20N4O3/c1-12-3-2-4-14(5-12)16-20-6-13(7-21-16)8-23-9-15-17(24)22-10-19(15,11-23)18(25)26/h2-7,15H,8-11H2,1H3,(H,22,24)(H,25,26)/t15-,19+/m0/s1. The fraction of sp³-hybridized carbons (Fsp3) is 0.368. The molecule has 4 rings (SSSR count). The van der Waals surface area contributed by atoms with E-state index in [1.54, 1.807) is 12.4 Å². The Morgan fingerprint density at radius 2 is 2.15 bits per heavy atom. The van der Waals surface area contributed by atoms with Gasteiger partial charge < -0.3 is 10.4 Å². The van der Waals surface area contributed by atoms with Crippen molar-refractivity contribution in [1.82, 2.24) is 20.2 Å². The number of hydrogen-bond acceptors (Lipinski definition) is 5. The maximum atomic E-state index is 12.0. The number of aromatic nitrogens is 2. The summed E-state index contributed by atoms with van der Waals surface area (Å²) in [6.07, 6.45) is 3.54. The summed E-state index contributed by atoms with van der Waals surface area (Å²) in [5.74, 6) is -0.903. The predicted octanol–water partition coefficient (Wildman–Crippen LogP) is 1.08. The van der Waals surface area contributed by atoms with Crippen molar-refractivity contribution in [3.8, 4) is 11.4 Å². The molecule has 2 aromatic rings. The van der Waals surface area contributed by atoms with E-state index in [2.05, 4.69) is 15.3 Å². The molecule has 7 nitrogen and oxygen atoms in total. The van der Waals surface area contributed by atoms with Crippen LogP contribution in [0.3, 0.4) is 0 Å². The summed E-state index contributed by atoms with van der Waals surface area (Å²) in [5, 5.41) is 12.3. The van der Waals surface area contributed by atoms with Crippen LogP contribution in [-0.4, -0.2) is 51.5 Å². The van der Waals surface area contributed by atoms with Crippen molar-refractivity contribution in [3.63, 3.8) is 0 Å². The number of carbonyl (C=O) groups is 2. The van der Waals surface area contributed by atoms with Crippen LogP contribution in [-0.2, 0) is 16.1 Å². The highest BCUT2D eigenvalue weighted by Gasteiger charge is 2.59. The lowest BCUT2D eigenvalue weighted by Gasteiger charge is -2.21. The van der Waals surface area contributed by atoms with Crippen LogP contribution in [0.15, 0.2) is 36.7 Å². The highest BCUT2D eigenvalue weighted by Crippen LogP contribution is 2.40. The van der Waals surface area contributed by atoms with E-state index in [0.717, 1.165) is 16.7 Å². The highest BCUT2D eigenvalue weighted by atomic mass is 16.4. The Morgan fingerprint density at radius 1 is 1.38 bits per heavy atom. The van der Waals surface area contributed by atoms with Crippen molar-refractivity contribution in [3.05, 3.63) is 47.8 Å². The number of likely N-dealkylation sites (tertiary alicyclic amines) is 1. The SMILES string of the molecule is Cc1cccc(-c2ncc(CN3C[C@H]4C(=O)NC[C@@]4(C(=O)O)C3)cn2)c1. The highest BCUT2D eigenvalue weighted by molar-refractivity contribution is 5.92. The smallest absolute Gasteiger partial charge is 0.313 e. The molecule has 2 atom stereocenters. The van der Waals surface area contributed by atoms with Gasteiger partial charge in [-0.3, -0.25) is 14.5 Å². The van der Waals surface area contributed by atoms with E-state index in [4.69, 9.17) is 0 Å². The van der Waals surface area contributed by atoms with Crippen molar-refractivity contribution < 1.29 is 14.7 Å². The summed E-state index contributed by atoms with van der Waals surface area (Å²) in [7, 11) is 0. The molecule has 0 unspecified atom stereocenters. The van der Waals surface area contributed by atoms with Crippen LogP contribution in [0.25, 0.3) is 11.4 Å². The van der Waals surface area contributed by atoms with E-state index in [-0.39, 0.29) is 12.5 Å². The normalized spacial score (nSPS) is 25.1. The van der Waals surface area contributed by atoms with Crippen molar-refractivity contribution in [2.75, 3.05) is 19.6 Å². The average molecular weight is 352 g/mol. The number of fused-ring (bicyclic) bond motifs is 1. The summed E-state index contributed by atoms with van der Waals surface area (Å²) >= 11 is 0. The van der Waals surface area contributed by atoms with Crippen LogP contribution >= 0.6 is 0 Å². The Hall–Kier alpha value is -2.80. The Morgan fingerprint density at radius 3 is 2.81 bits per heavy atom. The van der Waals surface area contributed by atoms with Gasteiger partial charge in [-0.1, -0.05) is 23.8 Å². The molecule has 1 aromatic heterocycles. The zero-order valence-corrected chi connectivity index (χ0v) is 14.5. The van der Waals surface area contributed by atoms with E-state index in [1.807, 2.05) is 36.1 Å². The van der Waals surface area contributed by atoms with Crippen LogP contribution in [0.2, 0.25) is 0 Å². The molecule has 0 spiro atoms. The third-order valence-corrected chi connectivity index (χ3v) is 5.32. The second-order valence-corrected chi connectivity index (χ2v) is 7.19. The molecule has 2 aliphatic heterocycles. The molecule has 2 fully saturated rings. The summed E-state index contributed by atoms with van der Waals surface area (Å²) < 4.78 is 0. The Bertz CT molecular complexity index is 867. The molecule has 2 saturated heterocycles.